The highest BCUT2D eigenvalue weighted by Crippen LogP contribution is 2.21. The van der Waals surface area contributed by atoms with Crippen LogP contribution in [0.5, 0.6) is 0 Å². The Labute approximate surface area is 113 Å². The van der Waals surface area contributed by atoms with E-state index >= 15 is 0 Å². The van der Waals surface area contributed by atoms with E-state index in [-0.39, 0.29) is 12.6 Å². The normalized spacial score (nSPS) is 27.3. The lowest BCUT2D eigenvalue weighted by Gasteiger charge is -2.33. The van der Waals surface area contributed by atoms with E-state index in [9.17, 15) is 13.2 Å². The van der Waals surface area contributed by atoms with Crippen LogP contribution in [-0.4, -0.2) is 55.6 Å². The Bertz CT molecular complexity index is 419. The molecule has 0 bridgehead atoms. The molecule has 1 unspecified atom stereocenters. The van der Waals surface area contributed by atoms with Crippen LogP contribution in [0.15, 0.2) is 0 Å². The zero-order valence-electron chi connectivity index (χ0n) is 10.7. The summed E-state index contributed by atoms with van der Waals surface area (Å²) < 4.78 is 33.4. The van der Waals surface area contributed by atoms with Crippen molar-refractivity contribution in [3.8, 4) is 0 Å². The second-order valence-electron chi connectivity index (χ2n) is 4.97. The molecule has 0 saturated carbocycles. The van der Waals surface area contributed by atoms with Crippen molar-refractivity contribution in [1.29, 1.82) is 0 Å². The number of nitrogens with zero attached hydrogens (tertiary/aromatic N) is 1. The van der Waals surface area contributed by atoms with Gasteiger partial charge in [-0.2, -0.15) is 17.4 Å². The van der Waals surface area contributed by atoms with Crippen LogP contribution in [0.1, 0.15) is 32.1 Å². The molecular weight excluding hydrogens is 272 g/mol. The number of carboxylic acids is 1. The van der Waals surface area contributed by atoms with Gasteiger partial charge in [-0.05, 0) is 32.1 Å². The van der Waals surface area contributed by atoms with Gasteiger partial charge >= 0.3 is 5.97 Å². The molecule has 2 aliphatic heterocycles. The average Bonchev–Trinajstić information content (AvgIpc) is 2.39. The molecule has 0 aromatic rings. The summed E-state index contributed by atoms with van der Waals surface area (Å²) in [6.07, 6.45) is 3.10. The maximum absolute atomic E-state index is 12.3. The van der Waals surface area contributed by atoms with Gasteiger partial charge in [0.15, 0.2) is 0 Å². The predicted molar refractivity (Wildman–Crippen MR) is 67.9 cm³/mol. The Kier molecular flexibility index (Phi) is 4.77. The number of aliphatic carboxylic acids is 1. The molecule has 7 nitrogen and oxygen atoms in total. The van der Waals surface area contributed by atoms with Crippen molar-refractivity contribution < 1.29 is 23.1 Å². The van der Waals surface area contributed by atoms with Crippen LogP contribution < -0.4 is 4.72 Å². The summed E-state index contributed by atoms with van der Waals surface area (Å²) in [5.74, 6) is -1.07. The number of rotatable bonds is 4. The molecule has 0 radical (unpaired) electrons. The molecule has 110 valence electrons. The van der Waals surface area contributed by atoms with E-state index in [4.69, 9.17) is 9.84 Å². The van der Waals surface area contributed by atoms with Crippen molar-refractivity contribution in [3.63, 3.8) is 0 Å². The second kappa shape index (κ2) is 6.17. The minimum Gasteiger partial charge on any atom is -0.480 e. The molecule has 2 N–H and O–H groups in total. The second-order valence-corrected chi connectivity index (χ2v) is 6.62. The highest BCUT2D eigenvalue weighted by molar-refractivity contribution is 7.87. The summed E-state index contributed by atoms with van der Waals surface area (Å²) in [4.78, 5) is 11.1. The molecule has 2 aliphatic rings. The molecule has 0 aromatic heterocycles. The number of ether oxygens (including phenoxy) is 1. The third-order valence-electron chi connectivity index (χ3n) is 3.58. The van der Waals surface area contributed by atoms with Gasteiger partial charge in [-0.1, -0.05) is 0 Å². The number of carbonyl (C=O) groups is 1. The van der Waals surface area contributed by atoms with Crippen LogP contribution in [-0.2, 0) is 19.7 Å². The van der Waals surface area contributed by atoms with Gasteiger partial charge in [-0.25, -0.2) is 0 Å². The third kappa shape index (κ3) is 3.65. The molecule has 19 heavy (non-hydrogen) atoms. The first kappa shape index (κ1) is 14.7. The maximum atomic E-state index is 12.3. The average molecular weight is 292 g/mol. The van der Waals surface area contributed by atoms with Crippen molar-refractivity contribution in [2.75, 3.05) is 19.8 Å². The fraction of sp³-hybridized carbons (Fsp3) is 0.909. The lowest BCUT2D eigenvalue weighted by Crippen LogP contribution is -2.54. The van der Waals surface area contributed by atoms with E-state index in [2.05, 4.69) is 4.72 Å². The summed E-state index contributed by atoms with van der Waals surface area (Å²) in [5.41, 5.74) is 0. The van der Waals surface area contributed by atoms with Gasteiger partial charge < -0.3 is 9.84 Å². The molecule has 8 heteroatoms. The molecule has 2 heterocycles. The van der Waals surface area contributed by atoms with Crippen LogP contribution >= 0.6 is 0 Å². The number of carboxylic acid groups (broad SMARTS) is 1. The first-order chi connectivity index (χ1) is 9.00. The van der Waals surface area contributed by atoms with Gasteiger partial charge in [0.1, 0.15) is 6.04 Å². The standard InChI is InChI=1S/C11H20N2O5S/c14-11(15)10-3-1-2-6-13(10)19(16,17)12-9-4-7-18-8-5-9/h9-10,12H,1-8H2,(H,14,15). The van der Waals surface area contributed by atoms with Crippen molar-refractivity contribution in [3.05, 3.63) is 0 Å². The molecule has 2 rings (SSSR count). The van der Waals surface area contributed by atoms with Gasteiger partial charge in [0, 0.05) is 25.8 Å². The van der Waals surface area contributed by atoms with Crippen molar-refractivity contribution in [1.82, 2.24) is 9.03 Å². The largest absolute Gasteiger partial charge is 0.480 e. The van der Waals surface area contributed by atoms with Crippen molar-refractivity contribution in [2.45, 2.75) is 44.2 Å². The highest BCUT2D eigenvalue weighted by Gasteiger charge is 2.37. The Balaban J connectivity index is 2.05. The van der Waals surface area contributed by atoms with E-state index < -0.39 is 22.2 Å². The Morgan fingerprint density at radius 3 is 2.53 bits per heavy atom. The number of nitrogens with one attached hydrogen (secondary N) is 1. The van der Waals surface area contributed by atoms with Gasteiger partial charge in [-0.15, -0.1) is 0 Å². The lowest BCUT2D eigenvalue weighted by atomic mass is 10.1. The van der Waals surface area contributed by atoms with Crippen molar-refractivity contribution in [2.24, 2.45) is 0 Å². The predicted octanol–water partition coefficient (Wildman–Crippen LogP) is -0.0611. The van der Waals surface area contributed by atoms with Crippen LogP contribution in [0, 0.1) is 0 Å². The fourth-order valence-corrected chi connectivity index (χ4v) is 4.23. The summed E-state index contributed by atoms with van der Waals surface area (Å²) in [7, 11) is -3.73. The number of piperidine rings is 1. The summed E-state index contributed by atoms with van der Waals surface area (Å²) in [5, 5.41) is 9.12. The Morgan fingerprint density at radius 1 is 1.21 bits per heavy atom. The van der Waals surface area contributed by atoms with Crippen molar-refractivity contribution >= 4 is 16.2 Å². The molecule has 0 spiro atoms. The summed E-state index contributed by atoms with van der Waals surface area (Å²) in [6.45, 7) is 1.35. The van der Waals surface area contributed by atoms with E-state index in [0.29, 0.717) is 38.9 Å². The molecule has 0 amide bonds. The molecule has 1 atom stereocenters. The van der Waals surface area contributed by atoms with Crippen LogP contribution in [0.25, 0.3) is 0 Å². The van der Waals surface area contributed by atoms with E-state index in [1.54, 1.807) is 0 Å². The minimum absolute atomic E-state index is 0.157. The number of hydrogen-bond donors (Lipinski definition) is 2. The smallest absolute Gasteiger partial charge is 0.322 e. The van der Waals surface area contributed by atoms with E-state index in [0.717, 1.165) is 10.7 Å². The van der Waals surface area contributed by atoms with Gasteiger partial charge in [0.2, 0.25) is 0 Å². The van der Waals surface area contributed by atoms with Crippen LogP contribution in [0.2, 0.25) is 0 Å². The van der Waals surface area contributed by atoms with Crippen LogP contribution in [0.4, 0.5) is 0 Å². The first-order valence-electron chi connectivity index (χ1n) is 6.60. The van der Waals surface area contributed by atoms with Gasteiger partial charge in [-0.3, -0.25) is 4.79 Å². The summed E-state index contributed by atoms with van der Waals surface area (Å²) >= 11 is 0. The summed E-state index contributed by atoms with van der Waals surface area (Å²) in [6, 6.07) is -1.10. The third-order valence-corrected chi connectivity index (χ3v) is 5.27. The molecule has 2 saturated heterocycles. The monoisotopic (exact) mass is 292 g/mol. The van der Waals surface area contributed by atoms with E-state index in [1.807, 2.05) is 0 Å². The van der Waals surface area contributed by atoms with Crippen LogP contribution in [0.3, 0.4) is 0 Å². The van der Waals surface area contributed by atoms with E-state index in [1.165, 1.54) is 0 Å². The quantitative estimate of drug-likeness (QED) is 0.756. The minimum atomic E-state index is -3.73. The molecular formula is C11H20N2O5S. The first-order valence-corrected chi connectivity index (χ1v) is 8.04. The topological polar surface area (TPSA) is 95.9 Å². The fourth-order valence-electron chi connectivity index (χ4n) is 2.53. The SMILES string of the molecule is O=C(O)C1CCCCN1S(=O)(=O)NC1CCOCC1. The highest BCUT2D eigenvalue weighted by atomic mass is 32.2. The number of hydrogen-bond acceptors (Lipinski definition) is 4. The molecule has 2 fully saturated rings. The zero-order valence-corrected chi connectivity index (χ0v) is 11.6. The molecule has 0 aliphatic carbocycles. The lowest BCUT2D eigenvalue weighted by molar-refractivity contribution is -0.142. The van der Waals surface area contributed by atoms with Gasteiger partial charge in [0.25, 0.3) is 10.2 Å². The Morgan fingerprint density at radius 2 is 1.89 bits per heavy atom. The molecule has 0 aromatic carbocycles. The maximum Gasteiger partial charge on any atom is 0.322 e. The van der Waals surface area contributed by atoms with Gasteiger partial charge in [0.05, 0.1) is 0 Å². The zero-order chi connectivity index (χ0) is 13.9. The Hall–Kier alpha value is -0.700.